The van der Waals surface area contributed by atoms with Gasteiger partial charge >= 0.3 is 18.2 Å². The number of likely N-dealkylation sites (tertiary alicyclic amines) is 1. The molecule has 2 rings (SSSR count). The van der Waals surface area contributed by atoms with Crippen molar-refractivity contribution in [1.82, 2.24) is 10.2 Å². The van der Waals surface area contributed by atoms with Crippen LogP contribution in [0, 0.1) is 5.92 Å². The quantitative estimate of drug-likeness (QED) is 0.846. The van der Waals surface area contributed by atoms with Gasteiger partial charge < -0.3 is 20.1 Å². The van der Waals surface area contributed by atoms with Crippen molar-refractivity contribution < 1.29 is 32.6 Å². The maximum atomic E-state index is 12.2. The largest absolute Gasteiger partial charge is 0.484 e. The maximum Gasteiger partial charge on any atom is 0.422 e. The summed E-state index contributed by atoms with van der Waals surface area (Å²) in [7, 11) is 0. The van der Waals surface area contributed by atoms with Crippen LogP contribution in [0.2, 0.25) is 0 Å². The van der Waals surface area contributed by atoms with E-state index in [4.69, 9.17) is 5.11 Å². The average Bonchev–Trinajstić information content (AvgIpc) is 2.58. The first-order valence-electron chi connectivity index (χ1n) is 7.78. The van der Waals surface area contributed by atoms with Gasteiger partial charge in [0.2, 0.25) is 0 Å². The molecule has 0 radical (unpaired) electrons. The lowest BCUT2D eigenvalue weighted by atomic mass is 9.97. The summed E-state index contributed by atoms with van der Waals surface area (Å²) >= 11 is 0. The number of carboxylic acids is 1. The monoisotopic (exact) mass is 360 g/mol. The highest BCUT2D eigenvalue weighted by Crippen LogP contribution is 2.20. The van der Waals surface area contributed by atoms with E-state index in [-0.39, 0.29) is 18.3 Å². The Morgan fingerprint density at radius 3 is 2.56 bits per heavy atom. The molecule has 25 heavy (non-hydrogen) atoms. The smallest absolute Gasteiger partial charge is 0.422 e. The number of carboxylic acid groups (broad SMARTS) is 1. The van der Waals surface area contributed by atoms with Crippen molar-refractivity contribution >= 4 is 12.0 Å². The summed E-state index contributed by atoms with van der Waals surface area (Å²) in [5.41, 5.74) is 0.605. The lowest BCUT2D eigenvalue weighted by molar-refractivity contribution is -0.153. The Morgan fingerprint density at radius 2 is 1.96 bits per heavy atom. The second kappa shape index (κ2) is 8.09. The molecule has 1 aliphatic rings. The standard InChI is InChI=1S/C16H19F3N2O4/c17-16(18,19)10-25-13-3-1-2-11(8-13)9-20-15(24)21-6-4-12(5-7-21)14(22)23/h1-3,8,12H,4-7,9-10H2,(H,20,24)(H,22,23). The topological polar surface area (TPSA) is 78.9 Å². The minimum absolute atomic E-state index is 0.0753. The second-order valence-corrected chi connectivity index (χ2v) is 5.81. The summed E-state index contributed by atoms with van der Waals surface area (Å²) in [5.74, 6) is -1.20. The van der Waals surface area contributed by atoms with Crippen LogP contribution in [0.5, 0.6) is 5.75 Å². The van der Waals surface area contributed by atoms with E-state index in [1.165, 1.54) is 17.0 Å². The van der Waals surface area contributed by atoms with Gasteiger partial charge in [0, 0.05) is 19.6 Å². The number of aliphatic carboxylic acids is 1. The SMILES string of the molecule is O=C(O)C1CCN(C(=O)NCc2cccc(OCC(F)(F)F)c2)CC1. The van der Waals surface area contributed by atoms with Gasteiger partial charge in [0.25, 0.3) is 0 Å². The number of rotatable bonds is 5. The summed E-state index contributed by atoms with van der Waals surface area (Å²) in [4.78, 5) is 24.5. The number of amides is 2. The number of benzene rings is 1. The van der Waals surface area contributed by atoms with Gasteiger partial charge in [0.15, 0.2) is 6.61 Å². The van der Waals surface area contributed by atoms with Gasteiger partial charge in [-0.2, -0.15) is 13.2 Å². The fourth-order valence-corrected chi connectivity index (χ4v) is 2.53. The predicted octanol–water partition coefficient (Wildman–Crippen LogP) is 2.63. The number of carbonyl (C=O) groups is 2. The predicted molar refractivity (Wildman–Crippen MR) is 82.2 cm³/mol. The van der Waals surface area contributed by atoms with Crippen LogP contribution in [0.4, 0.5) is 18.0 Å². The lowest BCUT2D eigenvalue weighted by Gasteiger charge is -2.30. The number of halogens is 3. The van der Waals surface area contributed by atoms with Crippen molar-refractivity contribution in [3.05, 3.63) is 29.8 Å². The third kappa shape index (κ3) is 6.17. The van der Waals surface area contributed by atoms with E-state index >= 15 is 0 Å². The summed E-state index contributed by atoms with van der Waals surface area (Å²) in [6.45, 7) is -0.517. The van der Waals surface area contributed by atoms with Gasteiger partial charge in [-0.15, -0.1) is 0 Å². The van der Waals surface area contributed by atoms with E-state index in [1.807, 2.05) is 0 Å². The molecule has 0 spiro atoms. The Bertz CT molecular complexity index is 614. The number of carbonyl (C=O) groups excluding carboxylic acids is 1. The Balaban J connectivity index is 1.81. The first-order valence-corrected chi connectivity index (χ1v) is 7.78. The highest BCUT2D eigenvalue weighted by molar-refractivity contribution is 5.75. The van der Waals surface area contributed by atoms with E-state index in [2.05, 4.69) is 10.1 Å². The third-order valence-corrected chi connectivity index (χ3v) is 3.88. The van der Waals surface area contributed by atoms with E-state index in [9.17, 15) is 22.8 Å². The van der Waals surface area contributed by atoms with Crippen molar-refractivity contribution in [3.8, 4) is 5.75 Å². The van der Waals surface area contributed by atoms with Crippen LogP contribution in [0.1, 0.15) is 18.4 Å². The number of nitrogens with one attached hydrogen (secondary N) is 1. The average molecular weight is 360 g/mol. The van der Waals surface area contributed by atoms with Crippen LogP contribution in [-0.4, -0.2) is 47.9 Å². The fourth-order valence-electron chi connectivity index (χ4n) is 2.53. The molecule has 0 atom stereocenters. The zero-order valence-electron chi connectivity index (χ0n) is 13.4. The molecule has 0 unspecified atom stereocenters. The lowest BCUT2D eigenvalue weighted by Crippen LogP contribution is -2.45. The Kier molecular flexibility index (Phi) is 6.11. The number of hydrogen-bond donors (Lipinski definition) is 2. The van der Waals surface area contributed by atoms with E-state index in [0.717, 1.165) is 0 Å². The molecule has 1 saturated heterocycles. The van der Waals surface area contributed by atoms with Crippen molar-refractivity contribution in [2.24, 2.45) is 5.92 Å². The van der Waals surface area contributed by atoms with Gasteiger partial charge in [-0.1, -0.05) is 12.1 Å². The molecule has 1 aromatic carbocycles. The third-order valence-electron chi connectivity index (χ3n) is 3.88. The maximum absolute atomic E-state index is 12.2. The van der Waals surface area contributed by atoms with Crippen LogP contribution < -0.4 is 10.1 Å². The number of piperidine rings is 1. The molecule has 0 aliphatic carbocycles. The van der Waals surface area contributed by atoms with Gasteiger partial charge in [-0.3, -0.25) is 4.79 Å². The van der Waals surface area contributed by atoms with Crippen LogP contribution in [0.3, 0.4) is 0 Å². The van der Waals surface area contributed by atoms with Crippen LogP contribution in [0.25, 0.3) is 0 Å². The first kappa shape index (κ1) is 18.9. The van der Waals surface area contributed by atoms with Gasteiger partial charge in [0.1, 0.15) is 5.75 Å². The summed E-state index contributed by atoms with van der Waals surface area (Å²) in [5, 5.41) is 11.6. The molecule has 0 bridgehead atoms. The second-order valence-electron chi connectivity index (χ2n) is 5.81. The van der Waals surface area contributed by atoms with Crippen molar-refractivity contribution in [2.75, 3.05) is 19.7 Å². The molecule has 2 amide bonds. The molecule has 2 N–H and O–H groups in total. The normalized spacial score (nSPS) is 15.7. The fraction of sp³-hybridized carbons (Fsp3) is 0.500. The molecule has 1 fully saturated rings. The van der Waals surface area contributed by atoms with Crippen LogP contribution in [-0.2, 0) is 11.3 Å². The van der Waals surface area contributed by atoms with Crippen molar-refractivity contribution in [2.45, 2.75) is 25.6 Å². The molecule has 9 heteroatoms. The zero-order chi connectivity index (χ0) is 18.4. The van der Waals surface area contributed by atoms with Crippen LogP contribution in [0.15, 0.2) is 24.3 Å². The molecule has 1 aromatic rings. The Morgan fingerprint density at radius 1 is 1.28 bits per heavy atom. The minimum atomic E-state index is -4.41. The van der Waals surface area contributed by atoms with E-state index < -0.39 is 24.7 Å². The molecule has 1 heterocycles. The van der Waals surface area contributed by atoms with Gasteiger partial charge in [0.05, 0.1) is 5.92 Å². The first-order chi connectivity index (χ1) is 11.7. The van der Waals surface area contributed by atoms with E-state index in [1.54, 1.807) is 12.1 Å². The van der Waals surface area contributed by atoms with Gasteiger partial charge in [-0.05, 0) is 30.5 Å². The van der Waals surface area contributed by atoms with Gasteiger partial charge in [-0.25, -0.2) is 4.79 Å². The summed E-state index contributed by atoms with van der Waals surface area (Å²) in [6.07, 6.45) is -3.60. The molecular formula is C16H19F3N2O4. The number of ether oxygens (including phenoxy) is 1. The zero-order valence-corrected chi connectivity index (χ0v) is 13.4. The summed E-state index contributed by atoms with van der Waals surface area (Å²) < 4.78 is 41.1. The highest BCUT2D eigenvalue weighted by atomic mass is 19.4. The Labute approximate surface area is 142 Å². The summed E-state index contributed by atoms with van der Waals surface area (Å²) in [6, 6.07) is 5.73. The number of urea groups is 1. The molecule has 0 aromatic heterocycles. The molecule has 1 aliphatic heterocycles. The minimum Gasteiger partial charge on any atom is -0.484 e. The molecular weight excluding hydrogens is 341 g/mol. The number of alkyl halides is 3. The Hall–Kier alpha value is -2.45. The molecule has 0 saturated carbocycles. The highest BCUT2D eigenvalue weighted by Gasteiger charge is 2.28. The number of nitrogens with zero attached hydrogens (tertiary/aromatic N) is 1. The molecule has 6 nitrogen and oxygen atoms in total. The van der Waals surface area contributed by atoms with Crippen LogP contribution >= 0.6 is 0 Å². The van der Waals surface area contributed by atoms with Crippen molar-refractivity contribution in [1.29, 1.82) is 0 Å². The number of hydrogen-bond acceptors (Lipinski definition) is 3. The van der Waals surface area contributed by atoms with Crippen molar-refractivity contribution in [3.63, 3.8) is 0 Å². The van der Waals surface area contributed by atoms with E-state index in [0.29, 0.717) is 31.5 Å². The molecule has 138 valence electrons.